The van der Waals surface area contributed by atoms with Crippen molar-refractivity contribution in [1.82, 2.24) is 44.2 Å². The highest BCUT2D eigenvalue weighted by Gasteiger charge is 2.40. The van der Waals surface area contributed by atoms with Gasteiger partial charge in [0.15, 0.2) is 0 Å². The predicted molar refractivity (Wildman–Crippen MR) is 137 cm³/mol. The molecule has 0 saturated carbocycles. The molecule has 3 unspecified atom stereocenters. The van der Waals surface area contributed by atoms with Gasteiger partial charge in [0.2, 0.25) is 23.5 Å². The number of carbonyl (C=O) groups is 2. The number of anilines is 1. The molecule has 40 heavy (non-hydrogen) atoms. The Morgan fingerprint density at radius 1 is 1.23 bits per heavy atom. The lowest BCUT2D eigenvalue weighted by molar-refractivity contribution is -0.137. The number of likely N-dealkylation sites (tertiary alicyclic amines) is 1. The van der Waals surface area contributed by atoms with E-state index >= 15 is 0 Å². The van der Waals surface area contributed by atoms with Crippen molar-refractivity contribution in [2.24, 2.45) is 5.73 Å². The number of alkyl halides is 1. The lowest BCUT2D eigenvalue weighted by Crippen LogP contribution is -2.45. The van der Waals surface area contributed by atoms with E-state index in [1.54, 1.807) is 36.7 Å². The third-order valence-corrected chi connectivity index (χ3v) is 6.66. The van der Waals surface area contributed by atoms with E-state index in [1.165, 1.54) is 21.5 Å². The molecule has 1 saturated heterocycles. The van der Waals surface area contributed by atoms with Crippen LogP contribution in [0.2, 0.25) is 0 Å². The largest absolute Gasteiger partial charge is 0.373 e. The zero-order valence-electron chi connectivity index (χ0n) is 20.7. The fourth-order valence-corrected chi connectivity index (χ4v) is 4.83. The standard InChI is InChI=1S/C24H22FN11O4/c25-14-8-17(21(39)30-23-32-24(40)31-22-27-5-6-34(22)23)35(10-14)18(37)11-36-16-2-1-12(13-3-4-28-29-9-13)7-15(16)19(33-36)20(26)38/h1-7,9,14,17,20,38H,8,10-11,26H2,(H2,27,30,31,32,39,40). The highest BCUT2D eigenvalue weighted by atomic mass is 19.1. The number of nitrogens with two attached hydrogens (primary N) is 1. The van der Waals surface area contributed by atoms with Crippen molar-refractivity contribution < 1.29 is 19.1 Å². The number of amides is 2. The van der Waals surface area contributed by atoms with Crippen molar-refractivity contribution in [1.29, 1.82) is 0 Å². The molecule has 204 valence electrons. The number of H-pyrrole nitrogens is 1. The van der Waals surface area contributed by atoms with Crippen LogP contribution in [0.15, 0.2) is 53.8 Å². The van der Waals surface area contributed by atoms with Crippen molar-refractivity contribution in [3.05, 3.63) is 65.2 Å². The Morgan fingerprint density at radius 3 is 2.85 bits per heavy atom. The van der Waals surface area contributed by atoms with Crippen molar-refractivity contribution in [2.45, 2.75) is 31.4 Å². The normalized spacial score (nSPS) is 17.9. The van der Waals surface area contributed by atoms with Crippen molar-refractivity contribution >= 4 is 34.4 Å². The molecule has 0 aliphatic carbocycles. The molecule has 1 aliphatic rings. The van der Waals surface area contributed by atoms with E-state index in [9.17, 15) is 23.9 Å². The third-order valence-electron chi connectivity index (χ3n) is 6.66. The number of halogens is 1. The molecule has 2 amide bonds. The van der Waals surface area contributed by atoms with E-state index in [1.807, 2.05) is 0 Å². The lowest BCUT2D eigenvalue weighted by Gasteiger charge is -2.23. The van der Waals surface area contributed by atoms with Crippen LogP contribution in [0.3, 0.4) is 0 Å². The van der Waals surface area contributed by atoms with Crippen molar-refractivity contribution in [3.63, 3.8) is 0 Å². The van der Waals surface area contributed by atoms with Crippen molar-refractivity contribution in [2.75, 3.05) is 11.9 Å². The molecule has 1 fully saturated rings. The number of carbonyl (C=O) groups excluding carboxylic acids is 2. The number of hydrogen-bond acceptors (Lipinski definition) is 10. The van der Waals surface area contributed by atoms with E-state index in [-0.39, 0.29) is 36.9 Å². The number of fused-ring (bicyclic) bond motifs is 2. The summed E-state index contributed by atoms with van der Waals surface area (Å²) >= 11 is 0. The first kappa shape index (κ1) is 25.2. The Kier molecular flexibility index (Phi) is 6.24. The molecule has 0 radical (unpaired) electrons. The topological polar surface area (TPSA) is 202 Å². The van der Waals surface area contributed by atoms with E-state index in [4.69, 9.17) is 5.73 Å². The summed E-state index contributed by atoms with van der Waals surface area (Å²) in [5, 5.41) is 25.2. The summed E-state index contributed by atoms with van der Waals surface area (Å²) in [6, 6.07) is 5.89. The van der Waals surface area contributed by atoms with Crippen LogP contribution in [0.1, 0.15) is 18.3 Å². The maximum atomic E-state index is 14.5. The van der Waals surface area contributed by atoms with Crippen LogP contribution >= 0.6 is 0 Å². The van der Waals surface area contributed by atoms with Gasteiger partial charge in [0.25, 0.3) is 0 Å². The minimum Gasteiger partial charge on any atom is -0.373 e. The van der Waals surface area contributed by atoms with Crippen LogP contribution in [-0.4, -0.2) is 79.9 Å². The summed E-state index contributed by atoms with van der Waals surface area (Å²) in [4.78, 5) is 49.6. The van der Waals surface area contributed by atoms with E-state index in [0.29, 0.717) is 10.9 Å². The van der Waals surface area contributed by atoms with E-state index < -0.39 is 35.9 Å². The zero-order valence-corrected chi connectivity index (χ0v) is 20.7. The average Bonchev–Trinajstić information content (AvgIpc) is 3.66. The number of aliphatic hydroxyl groups is 1. The lowest BCUT2D eigenvalue weighted by atomic mass is 10.0. The zero-order chi connectivity index (χ0) is 28.0. The first-order valence-corrected chi connectivity index (χ1v) is 12.2. The number of imidazole rings is 1. The minimum atomic E-state index is -1.44. The highest BCUT2D eigenvalue weighted by molar-refractivity contribution is 5.97. The number of hydrogen-bond donors (Lipinski definition) is 4. The molecule has 0 bridgehead atoms. The molecular formula is C24H22FN11O4. The maximum absolute atomic E-state index is 14.5. The van der Waals surface area contributed by atoms with Gasteiger partial charge >= 0.3 is 5.69 Å². The molecule has 1 aliphatic heterocycles. The molecule has 6 rings (SSSR count). The predicted octanol–water partition coefficient (Wildman–Crippen LogP) is -0.248. The number of rotatable bonds is 6. The average molecular weight is 548 g/mol. The van der Waals surface area contributed by atoms with E-state index in [0.717, 1.165) is 16.0 Å². The second kappa shape index (κ2) is 9.90. The van der Waals surface area contributed by atoms with Crippen LogP contribution in [0.5, 0.6) is 0 Å². The van der Waals surface area contributed by atoms with Gasteiger partial charge in [-0.15, -0.1) is 0 Å². The first-order valence-electron chi connectivity index (χ1n) is 12.2. The summed E-state index contributed by atoms with van der Waals surface area (Å²) in [6.07, 6.45) is 2.92. The Balaban J connectivity index is 1.27. The van der Waals surface area contributed by atoms with Gasteiger partial charge in [0.1, 0.15) is 30.7 Å². The second-order valence-electron chi connectivity index (χ2n) is 9.22. The van der Waals surface area contributed by atoms with Crippen LogP contribution in [0, 0.1) is 0 Å². The number of aliphatic hydroxyl groups excluding tert-OH is 1. The van der Waals surface area contributed by atoms with Gasteiger partial charge in [-0.05, 0) is 23.8 Å². The Labute approximate surface area is 223 Å². The fourth-order valence-electron chi connectivity index (χ4n) is 4.83. The summed E-state index contributed by atoms with van der Waals surface area (Å²) < 4.78 is 17.2. The molecule has 16 heteroatoms. The van der Waals surface area contributed by atoms with Crippen LogP contribution in [0.4, 0.5) is 10.3 Å². The number of nitrogens with zero attached hydrogens (tertiary/aromatic N) is 8. The Morgan fingerprint density at radius 2 is 2.08 bits per heavy atom. The molecular weight excluding hydrogens is 525 g/mol. The van der Waals surface area contributed by atoms with Gasteiger partial charge in [-0.25, -0.2) is 14.2 Å². The van der Waals surface area contributed by atoms with Gasteiger partial charge in [-0.2, -0.15) is 20.3 Å². The number of aromatic nitrogens is 8. The molecule has 15 nitrogen and oxygen atoms in total. The van der Waals surface area contributed by atoms with Gasteiger partial charge in [0, 0.05) is 29.8 Å². The summed E-state index contributed by atoms with van der Waals surface area (Å²) in [7, 11) is 0. The van der Waals surface area contributed by atoms with Gasteiger partial charge in [-0.1, -0.05) is 6.07 Å². The quantitative estimate of drug-likeness (QED) is 0.205. The van der Waals surface area contributed by atoms with Crippen LogP contribution in [-0.2, 0) is 16.1 Å². The molecule has 5 N–H and O–H groups in total. The van der Waals surface area contributed by atoms with Crippen LogP contribution < -0.4 is 16.7 Å². The third kappa shape index (κ3) is 4.54. The smallest absolute Gasteiger partial charge is 0.350 e. The highest BCUT2D eigenvalue weighted by Crippen LogP contribution is 2.29. The molecule has 1 aromatic carbocycles. The van der Waals surface area contributed by atoms with Crippen LogP contribution in [0.25, 0.3) is 27.8 Å². The molecule has 5 aromatic rings. The first-order chi connectivity index (χ1) is 19.3. The Hall–Kier alpha value is -5.09. The molecule has 5 heterocycles. The number of benzene rings is 1. The summed E-state index contributed by atoms with van der Waals surface area (Å²) in [5.41, 5.74) is 7.22. The minimum absolute atomic E-state index is 0.115. The molecule has 4 aromatic heterocycles. The monoisotopic (exact) mass is 547 g/mol. The van der Waals surface area contributed by atoms with Gasteiger partial charge in [-0.3, -0.25) is 29.0 Å². The Bertz CT molecular complexity index is 1800. The summed E-state index contributed by atoms with van der Waals surface area (Å²) in [5.74, 6) is -1.24. The van der Waals surface area contributed by atoms with Crippen molar-refractivity contribution in [3.8, 4) is 11.1 Å². The summed E-state index contributed by atoms with van der Waals surface area (Å²) in [6.45, 7) is -0.643. The maximum Gasteiger partial charge on any atom is 0.350 e. The van der Waals surface area contributed by atoms with Gasteiger partial charge < -0.3 is 15.7 Å². The molecule has 0 spiro atoms. The second-order valence-corrected chi connectivity index (χ2v) is 9.22. The van der Waals surface area contributed by atoms with Gasteiger partial charge in [0.05, 0.1) is 24.5 Å². The number of nitrogens with one attached hydrogen (secondary N) is 2. The number of aromatic amines is 1. The van der Waals surface area contributed by atoms with E-state index in [2.05, 4.69) is 35.6 Å². The molecule has 3 atom stereocenters. The SMILES string of the molecule is NC(O)c1nn(CC(=O)N2CC(F)CC2C(=O)Nc2nc(=O)[nH]c3nccn23)c2ccc(-c3ccnnc3)cc12. The fraction of sp³-hybridized carbons (Fsp3) is 0.250.